The number of amides is 1. The van der Waals surface area contributed by atoms with Crippen molar-refractivity contribution in [3.8, 4) is 5.75 Å². The number of benzene rings is 1. The lowest BCUT2D eigenvalue weighted by Crippen LogP contribution is -2.32. The van der Waals surface area contributed by atoms with Crippen LogP contribution in [-0.4, -0.2) is 44.0 Å². The maximum atomic E-state index is 12.2. The molecule has 0 atom stereocenters. The van der Waals surface area contributed by atoms with Crippen molar-refractivity contribution in [2.45, 2.75) is 12.8 Å². The Bertz CT molecular complexity index is 683. The standard InChI is InChI=1S/C14H17NO6S/c1-21-10-2-3-12(11(8-10)14(17)18)15-13(16)9-4-6-22(19,20)7-5-9/h2-3,8-9H,4-7H2,1H3,(H,15,16)(H,17,18). The Morgan fingerprint density at radius 2 is 1.91 bits per heavy atom. The molecule has 0 aromatic heterocycles. The van der Waals surface area contributed by atoms with Crippen LogP contribution in [0.1, 0.15) is 23.2 Å². The van der Waals surface area contributed by atoms with Crippen molar-refractivity contribution >= 4 is 27.4 Å². The number of carboxylic acids is 1. The number of hydrogen-bond donors (Lipinski definition) is 2. The molecular weight excluding hydrogens is 310 g/mol. The van der Waals surface area contributed by atoms with Crippen LogP contribution in [0.25, 0.3) is 0 Å². The first-order valence-electron chi connectivity index (χ1n) is 6.75. The van der Waals surface area contributed by atoms with E-state index >= 15 is 0 Å². The average Bonchev–Trinajstić information content (AvgIpc) is 2.47. The summed E-state index contributed by atoms with van der Waals surface area (Å²) in [7, 11) is -1.62. The van der Waals surface area contributed by atoms with Gasteiger partial charge in [-0.25, -0.2) is 13.2 Å². The molecule has 1 fully saturated rings. The fraction of sp³-hybridized carbons (Fsp3) is 0.429. The summed E-state index contributed by atoms with van der Waals surface area (Å²) < 4.78 is 27.7. The van der Waals surface area contributed by atoms with E-state index < -0.39 is 21.7 Å². The monoisotopic (exact) mass is 327 g/mol. The number of carbonyl (C=O) groups is 2. The van der Waals surface area contributed by atoms with Crippen molar-refractivity contribution < 1.29 is 27.9 Å². The van der Waals surface area contributed by atoms with Crippen LogP contribution in [0.2, 0.25) is 0 Å². The molecule has 1 aromatic rings. The number of hydrogen-bond acceptors (Lipinski definition) is 5. The van der Waals surface area contributed by atoms with Gasteiger partial charge in [-0.1, -0.05) is 0 Å². The van der Waals surface area contributed by atoms with Crippen LogP contribution in [-0.2, 0) is 14.6 Å². The van der Waals surface area contributed by atoms with Gasteiger partial charge in [-0.2, -0.15) is 0 Å². The summed E-state index contributed by atoms with van der Waals surface area (Å²) in [5.74, 6) is -1.62. The lowest BCUT2D eigenvalue weighted by molar-refractivity contribution is -0.120. The summed E-state index contributed by atoms with van der Waals surface area (Å²) in [5.41, 5.74) is 0.0999. The van der Waals surface area contributed by atoms with Crippen LogP contribution >= 0.6 is 0 Å². The van der Waals surface area contributed by atoms with E-state index in [1.165, 1.54) is 19.2 Å². The number of ether oxygens (including phenoxy) is 1. The lowest BCUT2D eigenvalue weighted by atomic mass is 10.0. The molecule has 0 bridgehead atoms. The van der Waals surface area contributed by atoms with E-state index in [2.05, 4.69) is 5.32 Å². The average molecular weight is 327 g/mol. The van der Waals surface area contributed by atoms with Gasteiger partial charge in [-0.3, -0.25) is 4.79 Å². The van der Waals surface area contributed by atoms with Crippen molar-refractivity contribution in [2.75, 3.05) is 23.9 Å². The van der Waals surface area contributed by atoms with Gasteiger partial charge in [0, 0.05) is 5.92 Å². The summed E-state index contributed by atoms with van der Waals surface area (Å²) in [6.45, 7) is 0. The first-order chi connectivity index (χ1) is 10.3. The van der Waals surface area contributed by atoms with E-state index in [4.69, 9.17) is 4.74 Å². The van der Waals surface area contributed by atoms with Gasteiger partial charge in [-0.05, 0) is 31.0 Å². The van der Waals surface area contributed by atoms with Gasteiger partial charge in [0.2, 0.25) is 5.91 Å². The van der Waals surface area contributed by atoms with E-state index in [1.54, 1.807) is 6.07 Å². The Hall–Kier alpha value is -2.09. The van der Waals surface area contributed by atoms with E-state index in [9.17, 15) is 23.1 Å². The number of carboxylic acid groups (broad SMARTS) is 1. The summed E-state index contributed by atoms with van der Waals surface area (Å²) in [6.07, 6.45) is 0.513. The second kappa shape index (κ2) is 6.35. The molecule has 0 unspecified atom stereocenters. The summed E-state index contributed by atoms with van der Waals surface area (Å²) in [4.78, 5) is 23.4. The molecule has 2 N–H and O–H groups in total. The van der Waals surface area contributed by atoms with Crippen LogP contribution in [0.5, 0.6) is 5.75 Å². The Labute approximate surface area is 128 Å². The quantitative estimate of drug-likeness (QED) is 0.858. The molecule has 1 saturated heterocycles. The minimum absolute atomic E-state index is 0.0144. The molecule has 2 rings (SSSR count). The molecule has 22 heavy (non-hydrogen) atoms. The van der Waals surface area contributed by atoms with Crippen LogP contribution in [0.15, 0.2) is 18.2 Å². The molecule has 0 saturated carbocycles. The van der Waals surface area contributed by atoms with Crippen molar-refractivity contribution in [1.82, 2.24) is 0 Å². The molecule has 1 aliphatic rings. The number of sulfone groups is 1. The van der Waals surface area contributed by atoms with Gasteiger partial charge in [-0.15, -0.1) is 0 Å². The van der Waals surface area contributed by atoms with Crippen molar-refractivity contribution in [3.63, 3.8) is 0 Å². The molecule has 7 nitrogen and oxygen atoms in total. The van der Waals surface area contributed by atoms with Gasteiger partial charge in [0.15, 0.2) is 0 Å². The number of nitrogens with one attached hydrogen (secondary N) is 1. The minimum Gasteiger partial charge on any atom is -0.497 e. The molecule has 1 aromatic carbocycles. The lowest BCUT2D eigenvalue weighted by Gasteiger charge is -2.21. The fourth-order valence-corrected chi connectivity index (χ4v) is 3.81. The largest absolute Gasteiger partial charge is 0.497 e. The molecular formula is C14H17NO6S. The predicted molar refractivity (Wildman–Crippen MR) is 80.0 cm³/mol. The summed E-state index contributed by atoms with van der Waals surface area (Å²) in [6, 6.07) is 4.33. The number of rotatable bonds is 4. The Morgan fingerprint density at radius 1 is 1.27 bits per heavy atom. The van der Waals surface area contributed by atoms with Crippen molar-refractivity contribution in [3.05, 3.63) is 23.8 Å². The third kappa shape index (κ3) is 3.76. The Balaban J connectivity index is 2.13. The zero-order valence-electron chi connectivity index (χ0n) is 12.0. The number of aromatic carboxylic acids is 1. The highest BCUT2D eigenvalue weighted by molar-refractivity contribution is 7.91. The molecule has 120 valence electrons. The second-order valence-corrected chi connectivity index (χ2v) is 7.44. The smallest absolute Gasteiger partial charge is 0.337 e. The van der Waals surface area contributed by atoms with Crippen LogP contribution in [0.4, 0.5) is 5.69 Å². The zero-order chi connectivity index (χ0) is 16.3. The first kappa shape index (κ1) is 16.3. The van der Waals surface area contributed by atoms with Gasteiger partial charge in [0.05, 0.1) is 29.9 Å². The number of methoxy groups -OCH3 is 1. The van der Waals surface area contributed by atoms with E-state index in [-0.39, 0.29) is 41.5 Å². The molecule has 1 aliphatic heterocycles. The van der Waals surface area contributed by atoms with E-state index in [1.807, 2.05) is 0 Å². The summed E-state index contributed by atoms with van der Waals surface area (Å²) in [5, 5.41) is 11.8. The third-order valence-corrected chi connectivity index (χ3v) is 5.36. The van der Waals surface area contributed by atoms with Crippen molar-refractivity contribution in [2.24, 2.45) is 5.92 Å². The van der Waals surface area contributed by atoms with E-state index in [0.717, 1.165) is 0 Å². The molecule has 0 radical (unpaired) electrons. The predicted octanol–water partition coefficient (Wildman–Crippen LogP) is 1.16. The second-order valence-electron chi connectivity index (χ2n) is 5.13. The van der Waals surface area contributed by atoms with Crippen molar-refractivity contribution in [1.29, 1.82) is 0 Å². The normalized spacial score (nSPS) is 17.7. The molecule has 8 heteroatoms. The van der Waals surface area contributed by atoms with Gasteiger partial charge in [0.1, 0.15) is 15.6 Å². The maximum absolute atomic E-state index is 12.2. The molecule has 1 heterocycles. The first-order valence-corrected chi connectivity index (χ1v) is 8.57. The molecule has 0 spiro atoms. The number of carbonyl (C=O) groups excluding carboxylic acids is 1. The molecule has 0 aliphatic carbocycles. The van der Waals surface area contributed by atoms with Crippen LogP contribution in [0, 0.1) is 5.92 Å². The van der Waals surface area contributed by atoms with Crippen LogP contribution in [0.3, 0.4) is 0 Å². The highest BCUT2D eigenvalue weighted by atomic mass is 32.2. The number of anilines is 1. The Morgan fingerprint density at radius 3 is 2.45 bits per heavy atom. The minimum atomic E-state index is -3.04. The van der Waals surface area contributed by atoms with Gasteiger partial charge in [0.25, 0.3) is 0 Å². The fourth-order valence-electron chi connectivity index (χ4n) is 2.32. The van der Waals surface area contributed by atoms with E-state index in [0.29, 0.717) is 5.75 Å². The van der Waals surface area contributed by atoms with Gasteiger partial charge >= 0.3 is 5.97 Å². The zero-order valence-corrected chi connectivity index (χ0v) is 12.9. The topological polar surface area (TPSA) is 110 Å². The van der Waals surface area contributed by atoms with Gasteiger partial charge < -0.3 is 15.2 Å². The Kier molecular flexibility index (Phi) is 4.70. The summed E-state index contributed by atoms with van der Waals surface area (Å²) >= 11 is 0. The highest BCUT2D eigenvalue weighted by Gasteiger charge is 2.29. The highest BCUT2D eigenvalue weighted by Crippen LogP contribution is 2.25. The third-order valence-electron chi connectivity index (χ3n) is 3.64. The maximum Gasteiger partial charge on any atom is 0.337 e. The molecule has 1 amide bonds. The van der Waals surface area contributed by atoms with Crippen LogP contribution < -0.4 is 10.1 Å². The SMILES string of the molecule is COc1ccc(NC(=O)C2CCS(=O)(=O)CC2)c(C(=O)O)c1.